The molecule has 3 aromatic rings. The summed E-state index contributed by atoms with van der Waals surface area (Å²) < 4.78 is 5.66. The molecule has 12 heteroatoms. The molecule has 0 saturated carbocycles. The summed E-state index contributed by atoms with van der Waals surface area (Å²) in [5.41, 5.74) is 2.70. The Morgan fingerprint density at radius 3 is 1.96 bits per heavy atom. The van der Waals surface area contributed by atoms with Gasteiger partial charge in [-0.2, -0.15) is 15.0 Å². The largest absolute Gasteiger partial charge is 0.377 e. The van der Waals surface area contributed by atoms with Crippen molar-refractivity contribution in [3.63, 3.8) is 0 Å². The Bertz CT molecular complexity index is 1530. The lowest BCUT2D eigenvalue weighted by Crippen LogP contribution is -2.45. The summed E-state index contributed by atoms with van der Waals surface area (Å²) >= 11 is 0. The molecule has 1 unspecified atom stereocenters. The Morgan fingerprint density at radius 1 is 0.766 bits per heavy atom. The molecule has 3 aliphatic rings. The number of anilines is 4. The van der Waals surface area contributed by atoms with Gasteiger partial charge in [-0.05, 0) is 109 Å². The molecule has 12 nitrogen and oxygen atoms in total. The maximum Gasteiger partial charge on any atom is 0.323 e. The molecule has 4 heterocycles. The number of piperidine rings is 1. The maximum atomic E-state index is 13.0. The van der Waals surface area contributed by atoms with E-state index >= 15 is 0 Å². The molecule has 3 aliphatic heterocycles. The Morgan fingerprint density at radius 2 is 1.36 bits per heavy atom. The van der Waals surface area contributed by atoms with Gasteiger partial charge in [-0.3, -0.25) is 4.79 Å². The van der Waals surface area contributed by atoms with Gasteiger partial charge in [0, 0.05) is 60.3 Å². The molecule has 3 saturated heterocycles. The van der Waals surface area contributed by atoms with Crippen LogP contribution in [0.5, 0.6) is 0 Å². The molecule has 0 radical (unpaired) electrons. The van der Waals surface area contributed by atoms with E-state index in [0.717, 1.165) is 50.9 Å². The summed E-state index contributed by atoms with van der Waals surface area (Å²) in [6.07, 6.45) is 4.16. The molecule has 3 amide bonds. The maximum absolute atomic E-state index is 13.0. The zero-order valence-electron chi connectivity index (χ0n) is 28.1. The quantitative estimate of drug-likeness (QED) is 0.369. The standard InChI is InChI=1S/C35H47N9O3/c1-23-6-7-24(2)44(23)34-39-31(38-33(40-34)43-20-21-47-22-25(43)3)26-8-12-28(13-9-26)36-35(46)37-29-14-10-27(11-15-29)32(45)42-18-16-30(17-19-42)41(4)5/h8-15,23-25,30H,6-7,16-22H2,1-5H3,(H2,36,37,46)/t23-,24+,25?. The predicted octanol–water partition coefficient (Wildman–Crippen LogP) is 4.95. The van der Waals surface area contributed by atoms with Gasteiger partial charge in [-0.25, -0.2) is 4.79 Å². The van der Waals surface area contributed by atoms with Gasteiger partial charge in [-0.15, -0.1) is 0 Å². The first-order chi connectivity index (χ1) is 22.7. The molecule has 0 spiro atoms. The predicted molar refractivity (Wildman–Crippen MR) is 185 cm³/mol. The summed E-state index contributed by atoms with van der Waals surface area (Å²) in [6.45, 7) is 10.1. The number of likely N-dealkylation sites (tertiary alicyclic amines) is 1. The van der Waals surface area contributed by atoms with Gasteiger partial charge >= 0.3 is 6.03 Å². The number of rotatable bonds is 7. The van der Waals surface area contributed by atoms with Crippen LogP contribution in [0.2, 0.25) is 0 Å². The van der Waals surface area contributed by atoms with Crippen molar-refractivity contribution in [3.8, 4) is 11.4 Å². The number of carbonyl (C=O) groups excluding carboxylic acids is 2. The minimum absolute atomic E-state index is 0.0274. The van der Waals surface area contributed by atoms with Gasteiger partial charge in [0.1, 0.15) is 0 Å². The van der Waals surface area contributed by atoms with Crippen molar-refractivity contribution in [2.24, 2.45) is 0 Å². The van der Waals surface area contributed by atoms with Gasteiger partial charge in [0.25, 0.3) is 5.91 Å². The normalized spacial score (nSPS) is 22.1. The van der Waals surface area contributed by atoms with Crippen LogP contribution in [0, 0.1) is 0 Å². The topological polar surface area (TPSA) is 119 Å². The molecule has 0 bridgehead atoms. The van der Waals surface area contributed by atoms with Gasteiger partial charge < -0.3 is 35.0 Å². The van der Waals surface area contributed by atoms with E-state index in [4.69, 9.17) is 19.7 Å². The van der Waals surface area contributed by atoms with Crippen LogP contribution in [0.25, 0.3) is 11.4 Å². The van der Waals surface area contributed by atoms with Gasteiger partial charge in [0.15, 0.2) is 5.82 Å². The molecule has 6 rings (SSSR count). The minimum Gasteiger partial charge on any atom is -0.377 e. The first-order valence-electron chi connectivity index (χ1n) is 16.8. The van der Waals surface area contributed by atoms with E-state index in [2.05, 4.69) is 60.2 Å². The third-order valence-corrected chi connectivity index (χ3v) is 9.69. The van der Waals surface area contributed by atoms with Crippen LogP contribution in [-0.4, -0.2) is 108 Å². The molecule has 1 aromatic heterocycles. The van der Waals surface area contributed by atoms with Crippen LogP contribution in [0.15, 0.2) is 48.5 Å². The number of carbonyl (C=O) groups is 2. The molecular formula is C35H47N9O3. The van der Waals surface area contributed by atoms with Gasteiger partial charge in [0.05, 0.1) is 19.3 Å². The smallest absolute Gasteiger partial charge is 0.323 e. The molecule has 2 N–H and O–H groups in total. The third kappa shape index (κ3) is 7.49. The van der Waals surface area contributed by atoms with Gasteiger partial charge in [-0.1, -0.05) is 0 Å². The van der Waals surface area contributed by atoms with Crippen LogP contribution < -0.4 is 20.4 Å². The fourth-order valence-corrected chi connectivity index (χ4v) is 6.80. The summed E-state index contributed by atoms with van der Waals surface area (Å²) in [4.78, 5) is 49.2. The number of hydrogen-bond donors (Lipinski definition) is 2. The van der Waals surface area contributed by atoms with E-state index in [9.17, 15) is 9.59 Å². The second-order valence-electron chi connectivity index (χ2n) is 13.3. The molecule has 47 heavy (non-hydrogen) atoms. The first kappa shape index (κ1) is 32.6. The van der Waals surface area contributed by atoms with E-state index in [1.165, 1.54) is 0 Å². The summed E-state index contributed by atoms with van der Waals surface area (Å²) in [7, 11) is 4.17. The van der Waals surface area contributed by atoms with Crippen molar-refractivity contribution >= 4 is 35.2 Å². The van der Waals surface area contributed by atoms with Crippen LogP contribution in [0.3, 0.4) is 0 Å². The van der Waals surface area contributed by atoms with Crippen molar-refractivity contribution in [1.82, 2.24) is 24.8 Å². The number of hydrogen-bond acceptors (Lipinski definition) is 9. The molecular weight excluding hydrogens is 594 g/mol. The van der Waals surface area contributed by atoms with E-state index in [-0.39, 0.29) is 18.0 Å². The highest BCUT2D eigenvalue weighted by molar-refractivity contribution is 6.00. The second-order valence-corrected chi connectivity index (χ2v) is 13.3. The van der Waals surface area contributed by atoms with E-state index < -0.39 is 0 Å². The number of benzene rings is 2. The zero-order chi connectivity index (χ0) is 33.1. The highest BCUT2D eigenvalue weighted by atomic mass is 16.5. The van der Waals surface area contributed by atoms with Crippen LogP contribution >= 0.6 is 0 Å². The molecule has 0 aliphatic carbocycles. The summed E-state index contributed by atoms with van der Waals surface area (Å²) in [5.74, 6) is 1.99. The van der Waals surface area contributed by atoms with E-state index in [1.807, 2.05) is 29.2 Å². The minimum atomic E-state index is -0.370. The van der Waals surface area contributed by atoms with Crippen LogP contribution in [0.1, 0.15) is 56.8 Å². The van der Waals surface area contributed by atoms with Crippen LogP contribution in [-0.2, 0) is 4.74 Å². The van der Waals surface area contributed by atoms with Gasteiger partial charge in [0.2, 0.25) is 11.9 Å². The fourth-order valence-electron chi connectivity index (χ4n) is 6.80. The Hall–Kier alpha value is -4.29. The lowest BCUT2D eigenvalue weighted by molar-refractivity contribution is 0.0663. The highest BCUT2D eigenvalue weighted by Crippen LogP contribution is 2.31. The fraction of sp³-hybridized carbons (Fsp3) is 0.514. The monoisotopic (exact) mass is 641 g/mol. The first-order valence-corrected chi connectivity index (χ1v) is 16.8. The number of aromatic nitrogens is 3. The van der Waals surface area contributed by atoms with Crippen molar-refractivity contribution < 1.29 is 14.3 Å². The third-order valence-electron chi connectivity index (χ3n) is 9.69. The zero-order valence-corrected chi connectivity index (χ0v) is 28.1. The van der Waals surface area contributed by atoms with Crippen molar-refractivity contribution in [2.75, 3.05) is 67.4 Å². The average Bonchev–Trinajstić information content (AvgIpc) is 3.42. The summed E-state index contributed by atoms with van der Waals surface area (Å²) in [5, 5.41) is 5.76. The lowest BCUT2D eigenvalue weighted by Gasteiger charge is -2.35. The number of ether oxygens (including phenoxy) is 1. The van der Waals surface area contributed by atoms with E-state index in [1.54, 1.807) is 24.3 Å². The highest BCUT2D eigenvalue weighted by Gasteiger charge is 2.32. The molecule has 3 atom stereocenters. The number of nitrogens with one attached hydrogen (secondary N) is 2. The van der Waals surface area contributed by atoms with Crippen molar-refractivity contribution in [3.05, 3.63) is 54.1 Å². The SMILES string of the molecule is CC1COCCN1c1nc(-c2ccc(NC(=O)Nc3ccc(C(=O)N4CCC(N(C)C)CC4)cc3)cc2)nc(N2[C@H](C)CC[C@@H]2C)n1. The molecule has 250 valence electrons. The molecule has 3 fully saturated rings. The Balaban J connectivity index is 1.11. The Kier molecular flexibility index (Phi) is 9.88. The summed E-state index contributed by atoms with van der Waals surface area (Å²) in [6, 6.07) is 15.6. The molecule has 2 aromatic carbocycles. The number of morpholine rings is 1. The number of amides is 3. The van der Waals surface area contributed by atoms with Crippen LogP contribution in [0.4, 0.5) is 28.1 Å². The Labute approximate surface area is 277 Å². The average molecular weight is 642 g/mol. The lowest BCUT2D eigenvalue weighted by atomic mass is 10.0. The second kappa shape index (κ2) is 14.2. The van der Waals surface area contributed by atoms with Crippen molar-refractivity contribution in [2.45, 2.75) is 70.6 Å². The van der Waals surface area contributed by atoms with Crippen molar-refractivity contribution in [1.29, 1.82) is 0 Å². The number of urea groups is 1. The number of nitrogens with zero attached hydrogens (tertiary/aromatic N) is 7. The van der Waals surface area contributed by atoms with E-state index in [0.29, 0.717) is 66.0 Å².